The van der Waals surface area contributed by atoms with Crippen LogP contribution in [-0.2, 0) is 15.9 Å². The topological polar surface area (TPSA) is 30.9 Å². The Hall–Kier alpha value is -1.17. The molecule has 0 radical (unpaired) electrons. The smallest absolute Gasteiger partial charge is 0.123 e. The van der Waals surface area contributed by atoms with E-state index in [0.717, 1.165) is 69.8 Å². The van der Waals surface area contributed by atoms with E-state index in [1.165, 1.54) is 6.07 Å². The molecule has 2 heterocycles. The van der Waals surface area contributed by atoms with Gasteiger partial charge in [0.15, 0.2) is 0 Å². The summed E-state index contributed by atoms with van der Waals surface area (Å²) in [4.78, 5) is 2.42. The largest absolute Gasteiger partial charge is 0.496 e. The standard InChI is InChI=1S/C18H26FNO3/c1-21-18-7-3-15(19)12-14(18)2-4-16-5-6-17(23-16)13-20-8-10-22-11-9-20/h3,7,12,16-17H,2,4-6,8-11,13H2,1H3/t16-,17+/m0/s1. The minimum atomic E-state index is -0.210. The lowest BCUT2D eigenvalue weighted by Crippen LogP contribution is -2.40. The van der Waals surface area contributed by atoms with Crippen molar-refractivity contribution in [2.24, 2.45) is 0 Å². The number of ether oxygens (including phenoxy) is 3. The van der Waals surface area contributed by atoms with Crippen LogP contribution in [0.4, 0.5) is 4.39 Å². The molecule has 5 heteroatoms. The van der Waals surface area contributed by atoms with Crippen molar-refractivity contribution in [3.05, 3.63) is 29.6 Å². The zero-order valence-corrected chi connectivity index (χ0v) is 13.8. The molecular weight excluding hydrogens is 297 g/mol. The third kappa shape index (κ3) is 4.66. The quantitative estimate of drug-likeness (QED) is 0.805. The fourth-order valence-corrected chi connectivity index (χ4v) is 3.46. The molecule has 2 aliphatic rings. The average molecular weight is 323 g/mol. The lowest BCUT2D eigenvalue weighted by Gasteiger charge is -2.28. The van der Waals surface area contributed by atoms with Crippen molar-refractivity contribution < 1.29 is 18.6 Å². The fraction of sp³-hybridized carbons (Fsp3) is 0.667. The van der Waals surface area contributed by atoms with Crippen molar-refractivity contribution in [3.63, 3.8) is 0 Å². The van der Waals surface area contributed by atoms with E-state index in [9.17, 15) is 4.39 Å². The summed E-state index contributed by atoms with van der Waals surface area (Å²) >= 11 is 0. The second-order valence-electron chi connectivity index (χ2n) is 6.37. The maximum Gasteiger partial charge on any atom is 0.123 e. The van der Waals surface area contributed by atoms with Gasteiger partial charge < -0.3 is 14.2 Å². The second kappa shape index (κ2) is 8.08. The number of nitrogens with zero attached hydrogens (tertiary/aromatic N) is 1. The van der Waals surface area contributed by atoms with Crippen LogP contribution in [-0.4, -0.2) is 57.1 Å². The Labute approximate surface area is 137 Å². The summed E-state index contributed by atoms with van der Waals surface area (Å²) in [5.74, 6) is 0.549. The van der Waals surface area contributed by atoms with E-state index in [-0.39, 0.29) is 11.9 Å². The molecule has 0 aromatic heterocycles. The molecule has 1 aromatic carbocycles. The molecule has 2 fully saturated rings. The van der Waals surface area contributed by atoms with Gasteiger partial charge in [0.2, 0.25) is 0 Å². The van der Waals surface area contributed by atoms with Crippen LogP contribution in [0.1, 0.15) is 24.8 Å². The predicted molar refractivity (Wildman–Crippen MR) is 86.4 cm³/mol. The first-order chi connectivity index (χ1) is 11.2. The number of hydrogen-bond donors (Lipinski definition) is 0. The van der Waals surface area contributed by atoms with Crippen molar-refractivity contribution in [3.8, 4) is 5.75 Å². The van der Waals surface area contributed by atoms with Gasteiger partial charge in [0, 0.05) is 19.6 Å². The van der Waals surface area contributed by atoms with E-state index in [2.05, 4.69) is 4.90 Å². The van der Waals surface area contributed by atoms with Gasteiger partial charge in [-0.3, -0.25) is 4.90 Å². The van der Waals surface area contributed by atoms with Crippen molar-refractivity contribution in [2.75, 3.05) is 40.0 Å². The van der Waals surface area contributed by atoms with Gasteiger partial charge in [0.25, 0.3) is 0 Å². The number of aryl methyl sites for hydroxylation is 1. The highest BCUT2D eigenvalue weighted by Crippen LogP contribution is 2.27. The maximum atomic E-state index is 13.4. The Balaban J connectivity index is 1.45. The Kier molecular flexibility index (Phi) is 5.86. The van der Waals surface area contributed by atoms with Gasteiger partial charge in [-0.05, 0) is 49.4 Å². The van der Waals surface area contributed by atoms with Gasteiger partial charge in [-0.15, -0.1) is 0 Å². The van der Waals surface area contributed by atoms with Crippen molar-refractivity contribution in [1.82, 2.24) is 4.90 Å². The van der Waals surface area contributed by atoms with Crippen LogP contribution in [0.3, 0.4) is 0 Å². The number of methoxy groups -OCH3 is 1. The molecule has 3 rings (SSSR count). The SMILES string of the molecule is COc1ccc(F)cc1CC[C@H]1CC[C@H](CN2CCOCC2)O1. The van der Waals surface area contributed by atoms with E-state index >= 15 is 0 Å². The average Bonchev–Trinajstić information content (AvgIpc) is 3.01. The molecule has 0 unspecified atom stereocenters. The van der Waals surface area contributed by atoms with Gasteiger partial charge in [0.1, 0.15) is 11.6 Å². The van der Waals surface area contributed by atoms with Gasteiger partial charge in [-0.1, -0.05) is 0 Å². The molecule has 2 aliphatic heterocycles. The molecule has 23 heavy (non-hydrogen) atoms. The van der Waals surface area contributed by atoms with Gasteiger partial charge in [-0.25, -0.2) is 4.39 Å². The van der Waals surface area contributed by atoms with Crippen LogP contribution >= 0.6 is 0 Å². The highest BCUT2D eigenvalue weighted by molar-refractivity contribution is 5.34. The van der Waals surface area contributed by atoms with Crippen LogP contribution < -0.4 is 4.74 Å². The van der Waals surface area contributed by atoms with Crippen LogP contribution in [0.15, 0.2) is 18.2 Å². The molecule has 128 valence electrons. The van der Waals surface area contributed by atoms with Crippen LogP contribution in [0, 0.1) is 5.82 Å². The van der Waals surface area contributed by atoms with Crippen molar-refractivity contribution >= 4 is 0 Å². The number of hydrogen-bond acceptors (Lipinski definition) is 4. The molecule has 0 amide bonds. The number of rotatable bonds is 6. The minimum absolute atomic E-state index is 0.210. The monoisotopic (exact) mass is 323 g/mol. The molecule has 0 spiro atoms. The van der Waals surface area contributed by atoms with E-state index in [4.69, 9.17) is 14.2 Å². The summed E-state index contributed by atoms with van der Waals surface area (Å²) in [6.07, 6.45) is 4.51. The molecule has 2 atom stereocenters. The molecule has 1 aromatic rings. The first-order valence-corrected chi connectivity index (χ1v) is 8.52. The van der Waals surface area contributed by atoms with E-state index in [1.807, 2.05) is 0 Å². The molecule has 0 aliphatic carbocycles. The Morgan fingerprint density at radius 2 is 2.00 bits per heavy atom. The molecule has 2 saturated heterocycles. The lowest BCUT2D eigenvalue weighted by molar-refractivity contribution is -0.0127. The number of halogens is 1. The van der Waals surface area contributed by atoms with E-state index < -0.39 is 0 Å². The fourth-order valence-electron chi connectivity index (χ4n) is 3.46. The van der Waals surface area contributed by atoms with Gasteiger partial charge >= 0.3 is 0 Å². The molecule has 0 N–H and O–H groups in total. The summed E-state index contributed by atoms with van der Waals surface area (Å²) in [6, 6.07) is 4.70. The Morgan fingerprint density at radius 1 is 1.22 bits per heavy atom. The lowest BCUT2D eigenvalue weighted by atomic mass is 10.0. The molecule has 4 nitrogen and oxygen atoms in total. The van der Waals surface area contributed by atoms with Crippen LogP contribution in [0.5, 0.6) is 5.75 Å². The van der Waals surface area contributed by atoms with Crippen LogP contribution in [0.25, 0.3) is 0 Å². The van der Waals surface area contributed by atoms with Crippen molar-refractivity contribution in [1.29, 1.82) is 0 Å². The molecule has 0 saturated carbocycles. The van der Waals surface area contributed by atoms with Gasteiger partial charge in [-0.2, -0.15) is 0 Å². The first-order valence-electron chi connectivity index (χ1n) is 8.52. The predicted octanol–water partition coefficient (Wildman–Crippen LogP) is 2.65. The zero-order valence-electron chi connectivity index (χ0n) is 13.8. The van der Waals surface area contributed by atoms with Gasteiger partial charge in [0.05, 0.1) is 32.5 Å². The van der Waals surface area contributed by atoms with Crippen molar-refractivity contribution in [2.45, 2.75) is 37.9 Å². The summed E-state index contributed by atoms with van der Waals surface area (Å²) in [6.45, 7) is 4.67. The summed E-state index contributed by atoms with van der Waals surface area (Å²) < 4.78 is 30.3. The Bertz CT molecular complexity index is 505. The van der Waals surface area contributed by atoms with E-state index in [1.54, 1.807) is 19.2 Å². The summed E-state index contributed by atoms with van der Waals surface area (Å²) in [5.41, 5.74) is 0.924. The normalized spacial score (nSPS) is 25.7. The summed E-state index contributed by atoms with van der Waals surface area (Å²) in [5, 5.41) is 0. The second-order valence-corrected chi connectivity index (χ2v) is 6.37. The Morgan fingerprint density at radius 3 is 2.78 bits per heavy atom. The van der Waals surface area contributed by atoms with Crippen LogP contribution in [0.2, 0.25) is 0 Å². The first kappa shape index (κ1) is 16.7. The third-order valence-corrected chi connectivity index (χ3v) is 4.74. The molecular formula is C18H26FNO3. The number of benzene rings is 1. The summed E-state index contributed by atoms with van der Waals surface area (Å²) in [7, 11) is 1.63. The van der Waals surface area contributed by atoms with E-state index in [0.29, 0.717) is 6.10 Å². The molecule has 0 bridgehead atoms. The number of morpholine rings is 1. The minimum Gasteiger partial charge on any atom is -0.496 e. The third-order valence-electron chi connectivity index (χ3n) is 4.74. The highest BCUT2D eigenvalue weighted by Gasteiger charge is 2.27. The maximum absolute atomic E-state index is 13.4. The zero-order chi connectivity index (χ0) is 16.1. The highest BCUT2D eigenvalue weighted by atomic mass is 19.1.